The molecule has 0 heterocycles. The van der Waals surface area contributed by atoms with E-state index in [4.69, 9.17) is 32.7 Å². The van der Waals surface area contributed by atoms with Gasteiger partial charge >= 0.3 is 0 Å². The van der Waals surface area contributed by atoms with E-state index in [1.165, 1.54) is 12.1 Å². The number of benzene rings is 2. The van der Waals surface area contributed by atoms with Gasteiger partial charge in [0.2, 0.25) is 0 Å². The second kappa shape index (κ2) is 8.78. The van der Waals surface area contributed by atoms with Crippen LogP contribution in [-0.4, -0.2) is 29.9 Å². The van der Waals surface area contributed by atoms with E-state index in [1.807, 2.05) is 0 Å². The summed E-state index contributed by atoms with van der Waals surface area (Å²) in [5, 5.41) is 22.2. The van der Waals surface area contributed by atoms with Crippen molar-refractivity contribution in [2.24, 2.45) is 0 Å². The van der Waals surface area contributed by atoms with Gasteiger partial charge in [0.15, 0.2) is 0 Å². The number of ether oxygens (including phenoxy) is 2. The summed E-state index contributed by atoms with van der Waals surface area (Å²) in [5.41, 5.74) is 0. The molecule has 0 aromatic heterocycles. The Morgan fingerprint density at radius 3 is 2.00 bits per heavy atom. The summed E-state index contributed by atoms with van der Waals surface area (Å²) in [6, 6.07) is 12.8. The summed E-state index contributed by atoms with van der Waals surface area (Å²) in [5.74, 6) is -0.586. The van der Waals surface area contributed by atoms with E-state index in [2.05, 4.69) is 0 Å². The summed E-state index contributed by atoms with van der Waals surface area (Å²) < 4.78 is 10.7. The molecule has 0 bridgehead atoms. The van der Waals surface area contributed by atoms with E-state index in [0.29, 0.717) is 21.5 Å². The largest absolute Gasteiger partial charge is 0.546 e. The standard InChI is InChI=1S/C17H16Cl2O5/c18-11-1-5-14(6-2-11)23-10-13(20)9-16(17(21)22)24-15-7-3-12(19)4-8-15/h1-8,13,16,20H,9-10H2,(H,21,22)/p-1. The van der Waals surface area contributed by atoms with Gasteiger partial charge in [-0.2, -0.15) is 0 Å². The molecule has 0 fully saturated rings. The van der Waals surface area contributed by atoms with Crippen molar-refractivity contribution in [2.45, 2.75) is 18.6 Å². The highest BCUT2D eigenvalue weighted by molar-refractivity contribution is 6.30. The van der Waals surface area contributed by atoms with E-state index in [1.54, 1.807) is 36.4 Å². The van der Waals surface area contributed by atoms with Crippen molar-refractivity contribution in [3.05, 3.63) is 58.6 Å². The second-order valence-corrected chi connectivity index (χ2v) is 5.91. The lowest BCUT2D eigenvalue weighted by Gasteiger charge is -2.23. The van der Waals surface area contributed by atoms with E-state index in [-0.39, 0.29) is 13.0 Å². The predicted molar refractivity (Wildman–Crippen MR) is 88.4 cm³/mol. The number of carbonyl (C=O) groups is 1. The van der Waals surface area contributed by atoms with Crippen LogP contribution in [0.5, 0.6) is 11.5 Å². The van der Waals surface area contributed by atoms with Crippen molar-refractivity contribution in [3.8, 4) is 11.5 Å². The molecule has 2 atom stereocenters. The minimum absolute atomic E-state index is 0.0879. The molecule has 128 valence electrons. The Bertz CT molecular complexity index is 658. The zero-order chi connectivity index (χ0) is 17.5. The third kappa shape index (κ3) is 5.92. The van der Waals surface area contributed by atoms with Crippen LogP contribution in [0.25, 0.3) is 0 Å². The zero-order valence-electron chi connectivity index (χ0n) is 12.5. The van der Waals surface area contributed by atoms with Gasteiger partial charge in [0.25, 0.3) is 0 Å². The minimum atomic E-state index is -1.42. The SMILES string of the molecule is O=C([O-])C(CC(O)COc1ccc(Cl)cc1)Oc1ccc(Cl)cc1. The smallest absolute Gasteiger partial charge is 0.141 e. The van der Waals surface area contributed by atoms with Gasteiger partial charge in [-0.3, -0.25) is 0 Å². The molecule has 0 aliphatic heterocycles. The summed E-state index contributed by atoms with van der Waals surface area (Å²) >= 11 is 11.5. The lowest BCUT2D eigenvalue weighted by atomic mass is 10.1. The monoisotopic (exact) mass is 369 g/mol. The maximum atomic E-state index is 11.2. The van der Waals surface area contributed by atoms with Gasteiger partial charge in [0.1, 0.15) is 24.2 Å². The molecule has 7 heteroatoms. The van der Waals surface area contributed by atoms with Crippen LogP contribution in [0.3, 0.4) is 0 Å². The molecule has 0 amide bonds. The second-order valence-electron chi connectivity index (χ2n) is 5.03. The number of rotatable bonds is 8. The van der Waals surface area contributed by atoms with Gasteiger partial charge in [-0.25, -0.2) is 0 Å². The summed E-state index contributed by atoms with van der Waals surface area (Å²) in [4.78, 5) is 11.2. The van der Waals surface area contributed by atoms with Gasteiger partial charge in [0.05, 0.1) is 12.1 Å². The Morgan fingerprint density at radius 2 is 1.50 bits per heavy atom. The normalized spacial score (nSPS) is 13.1. The molecule has 0 saturated carbocycles. The van der Waals surface area contributed by atoms with Gasteiger partial charge in [-0.15, -0.1) is 0 Å². The molecular weight excluding hydrogens is 355 g/mol. The van der Waals surface area contributed by atoms with Crippen molar-refractivity contribution in [1.82, 2.24) is 0 Å². The maximum absolute atomic E-state index is 11.2. The molecule has 2 rings (SSSR count). The summed E-state index contributed by atoms with van der Waals surface area (Å²) in [7, 11) is 0. The highest BCUT2D eigenvalue weighted by Gasteiger charge is 2.18. The minimum Gasteiger partial charge on any atom is -0.546 e. The Kier molecular flexibility index (Phi) is 6.73. The first kappa shape index (κ1) is 18.4. The van der Waals surface area contributed by atoms with E-state index in [9.17, 15) is 15.0 Å². The van der Waals surface area contributed by atoms with Gasteiger partial charge in [0, 0.05) is 16.5 Å². The number of hydrogen-bond acceptors (Lipinski definition) is 5. The number of halogens is 2. The van der Waals surface area contributed by atoms with Crippen LogP contribution in [0.1, 0.15) is 6.42 Å². The predicted octanol–water partition coefficient (Wildman–Crippen LogP) is 2.32. The lowest BCUT2D eigenvalue weighted by Crippen LogP contribution is -2.42. The molecule has 1 N–H and O–H groups in total. The fourth-order valence-electron chi connectivity index (χ4n) is 1.91. The number of aliphatic hydroxyl groups is 1. The van der Waals surface area contributed by atoms with E-state index in [0.717, 1.165) is 0 Å². The Labute approximate surface area is 149 Å². The van der Waals surface area contributed by atoms with Crippen LogP contribution in [0.4, 0.5) is 0 Å². The van der Waals surface area contributed by atoms with Crippen LogP contribution < -0.4 is 14.6 Å². The first-order chi connectivity index (χ1) is 11.4. The zero-order valence-corrected chi connectivity index (χ0v) is 14.0. The molecule has 0 saturated heterocycles. The van der Waals surface area contributed by atoms with Crippen LogP contribution >= 0.6 is 23.2 Å². The Hall–Kier alpha value is -1.95. The first-order valence-corrected chi connectivity index (χ1v) is 7.89. The molecule has 0 aliphatic rings. The quantitative estimate of drug-likeness (QED) is 0.772. The fraction of sp³-hybridized carbons (Fsp3) is 0.235. The molecule has 2 aromatic carbocycles. The number of carboxylic acid groups (broad SMARTS) is 1. The summed E-state index contributed by atoms with van der Waals surface area (Å²) in [6.07, 6.45) is -2.54. The number of aliphatic hydroxyl groups excluding tert-OH is 1. The first-order valence-electron chi connectivity index (χ1n) is 7.13. The topological polar surface area (TPSA) is 78.8 Å². The fourth-order valence-corrected chi connectivity index (χ4v) is 2.16. The Balaban J connectivity index is 1.88. The van der Waals surface area contributed by atoms with Crippen molar-refractivity contribution >= 4 is 29.2 Å². The van der Waals surface area contributed by atoms with Crippen molar-refractivity contribution in [1.29, 1.82) is 0 Å². The van der Waals surface area contributed by atoms with Crippen LogP contribution in [0.2, 0.25) is 10.0 Å². The van der Waals surface area contributed by atoms with Gasteiger partial charge in [-0.05, 0) is 48.5 Å². The molecule has 0 radical (unpaired) electrons. The third-order valence-corrected chi connectivity index (χ3v) is 3.60. The van der Waals surface area contributed by atoms with Gasteiger partial charge < -0.3 is 24.5 Å². The average molecular weight is 370 g/mol. The van der Waals surface area contributed by atoms with Crippen LogP contribution in [0, 0.1) is 0 Å². The van der Waals surface area contributed by atoms with Gasteiger partial charge in [-0.1, -0.05) is 23.2 Å². The summed E-state index contributed by atoms with van der Waals surface area (Å²) in [6.45, 7) is -0.0879. The molecule has 24 heavy (non-hydrogen) atoms. The number of hydrogen-bond donors (Lipinski definition) is 1. The van der Waals surface area contributed by atoms with Crippen LogP contribution in [0.15, 0.2) is 48.5 Å². The molecule has 2 unspecified atom stereocenters. The molecule has 2 aromatic rings. The highest BCUT2D eigenvalue weighted by Crippen LogP contribution is 2.19. The van der Waals surface area contributed by atoms with Crippen molar-refractivity contribution < 1.29 is 24.5 Å². The molecule has 5 nitrogen and oxygen atoms in total. The van der Waals surface area contributed by atoms with Crippen LogP contribution in [-0.2, 0) is 4.79 Å². The molecular formula is C17H15Cl2O5-. The lowest BCUT2D eigenvalue weighted by molar-refractivity contribution is -0.314. The highest BCUT2D eigenvalue weighted by atomic mass is 35.5. The number of carbonyl (C=O) groups excluding carboxylic acids is 1. The number of carboxylic acids is 1. The average Bonchev–Trinajstić information content (AvgIpc) is 2.55. The van der Waals surface area contributed by atoms with Crippen molar-refractivity contribution in [3.63, 3.8) is 0 Å². The molecule has 0 spiro atoms. The van der Waals surface area contributed by atoms with E-state index < -0.39 is 18.2 Å². The Morgan fingerprint density at radius 1 is 1.00 bits per heavy atom. The molecule has 0 aliphatic carbocycles. The maximum Gasteiger partial charge on any atom is 0.141 e. The van der Waals surface area contributed by atoms with Crippen molar-refractivity contribution in [2.75, 3.05) is 6.61 Å². The number of aliphatic carboxylic acids is 1. The van der Waals surface area contributed by atoms with E-state index >= 15 is 0 Å². The third-order valence-electron chi connectivity index (χ3n) is 3.10.